The summed E-state index contributed by atoms with van der Waals surface area (Å²) in [5, 5.41) is 3.40. The maximum Gasteiger partial charge on any atom is 0.121 e. The third kappa shape index (κ3) is 3.44. The van der Waals surface area contributed by atoms with E-state index in [0.29, 0.717) is 12.0 Å². The molecule has 1 aromatic carbocycles. The summed E-state index contributed by atoms with van der Waals surface area (Å²) in [5.41, 5.74) is 3.47. The van der Waals surface area contributed by atoms with Gasteiger partial charge >= 0.3 is 0 Å². The van der Waals surface area contributed by atoms with Crippen LogP contribution in [0.1, 0.15) is 45.1 Å². The number of rotatable bonds is 5. The second-order valence-corrected chi connectivity index (χ2v) is 5.50. The van der Waals surface area contributed by atoms with Crippen molar-refractivity contribution in [2.24, 2.45) is 0 Å². The lowest BCUT2D eigenvalue weighted by atomic mass is 10.0. The maximum absolute atomic E-state index is 4.76. The fourth-order valence-corrected chi connectivity index (χ4v) is 2.06. The van der Waals surface area contributed by atoms with E-state index in [9.17, 15) is 0 Å². The first-order valence-corrected chi connectivity index (χ1v) is 6.95. The van der Waals surface area contributed by atoms with Gasteiger partial charge in [-0.15, -0.1) is 0 Å². The Labute approximate surface area is 115 Å². The van der Waals surface area contributed by atoms with Crippen LogP contribution in [0.15, 0.2) is 30.3 Å². The molecular weight excluding hydrogens is 234 g/mol. The third-order valence-corrected chi connectivity index (χ3v) is 3.08. The van der Waals surface area contributed by atoms with Crippen LogP contribution in [0.2, 0.25) is 0 Å². The van der Waals surface area contributed by atoms with Gasteiger partial charge in [-0.3, -0.25) is 0 Å². The molecule has 0 aliphatic heterocycles. The molecule has 0 atom stereocenters. The van der Waals surface area contributed by atoms with E-state index >= 15 is 0 Å². The lowest BCUT2D eigenvalue weighted by molar-refractivity contribution is 0.574. The normalized spacial score (nSPS) is 11.5. The first-order valence-electron chi connectivity index (χ1n) is 6.95. The second-order valence-electron chi connectivity index (χ2n) is 5.50. The van der Waals surface area contributed by atoms with E-state index in [-0.39, 0.29) is 0 Å². The molecule has 0 fully saturated rings. The first-order chi connectivity index (χ1) is 9.08. The van der Waals surface area contributed by atoms with Crippen molar-refractivity contribution in [3.8, 4) is 11.3 Å². The van der Waals surface area contributed by atoms with Gasteiger partial charge in [0.05, 0.1) is 12.2 Å². The van der Waals surface area contributed by atoms with E-state index in [1.54, 1.807) is 0 Å². The molecule has 0 amide bonds. The number of benzene rings is 1. The third-order valence-electron chi connectivity index (χ3n) is 3.08. The number of nitrogens with zero attached hydrogens (tertiary/aromatic N) is 1. The lowest BCUT2D eigenvalue weighted by Gasteiger charge is -2.05. The van der Waals surface area contributed by atoms with Crippen LogP contribution in [-0.4, -0.2) is 16.0 Å². The van der Waals surface area contributed by atoms with Crippen molar-refractivity contribution in [1.82, 2.24) is 15.3 Å². The number of imidazole rings is 1. The van der Waals surface area contributed by atoms with Gasteiger partial charge in [-0.05, 0) is 5.92 Å². The fraction of sp³-hybridized carbons (Fsp3) is 0.438. The maximum atomic E-state index is 4.76. The van der Waals surface area contributed by atoms with Crippen molar-refractivity contribution < 1.29 is 0 Å². The van der Waals surface area contributed by atoms with Gasteiger partial charge in [-0.2, -0.15) is 0 Å². The van der Waals surface area contributed by atoms with Crippen molar-refractivity contribution in [1.29, 1.82) is 0 Å². The van der Waals surface area contributed by atoms with E-state index < -0.39 is 0 Å². The van der Waals surface area contributed by atoms with E-state index in [4.69, 9.17) is 4.98 Å². The van der Waals surface area contributed by atoms with Crippen LogP contribution >= 0.6 is 0 Å². The average Bonchev–Trinajstić information content (AvgIpc) is 2.82. The smallest absolute Gasteiger partial charge is 0.121 e. The SMILES string of the molecule is CC(C)NCc1nc(-c2ccccc2)c(C(C)C)[nH]1. The summed E-state index contributed by atoms with van der Waals surface area (Å²) in [6.07, 6.45) is 0. The Kier molecular flexibility index (Phi) is 4.38. The molecule has 0 radical (unpaired) electrons. The van der Waals surface area contributed by atoms with E-state index in [0.717, 1.165) is 18.1 Å². The van der Waals surface area contributed by atoms with E-state index in [1.165, 1.54) is 11.3 Å². The minimum absolute atomic E-state index is 0.440. The highest BCUT2D eigenvalue weighted by Crippen LogP contribution is 2.26. The molecule has 2 N–H and O–H groups in total. The Morgan fingerprint density at radius 2 is 1.79 bits per heavy atom. The molecule has 3 nitrogen and oxygen atoms in total. The predicted octanol–water partition coefficient (Wildman–Crippen LogP) is 3.70. The summed E-state index contributed by atoms with van der Waals surface area (Å²) >= 11 is 0. The van der Waals surface area contributed by atoms with E-state index in [2.05, 4.69) is 62.3 Å². The van der Waals surface area contributed by atoms with Crippen molar-refractivity contribution in [3.63, 3.8) is 0 Å². The number of nitrogens with one attached hydrogen (secondary N) is 2. The van der Waals surface area contributed by atoms with Gasteiger partial charge in [-0.25, -0.2) is 4.98 Å². The molecule has 0 saturated heterocycles. The van der Waals surface area contributed by atoms with Crippen molar-refractivity contribution in [2.75, 3.05) is 0 Å². The Morgan fingerprint density at radius 1 is 1.11 bits per heavy atom. The van der Waals surface area contributed by atoms with Crippen molar-refractivity contribution in [2.45, 2.75) is 46.2 Å². The highest BCUT2D eigenvalue weighted by atomic mass is 15.0. The molecular formula is C16H23N3. The Bertz CT molecular complexity index is 512. The molecule has 3 heteroatoms. The minimum Gasteiger partial charge on any atom is -0.344 e. The Morgan fingerprint density at radius 3 is 2.37 bits per heavy atom. The molecule has 2 rings (SSSR count). The van der Waals surface area contributed by atoms with Crippen LogP contribution < -0.4 is 5.32 Å². The van der Waals surface area contributed by atoms with Crippen LogP contribution in [0.5, 0.6) is 0 Å². The molecule has 2 aromatic rings. The van der Waals surface area contributed by atoms with Gasteiger partial charge in [0.2, 0.25) is 0 Å². The second kappa shape index (κ2) is 6.02. The van der Waals surface area contributed by atoms with Gasteiger partial charge in [0, 0.05) is 17.3 Å². The molecule has 0 saturated carbocycles. The average molecular weight is 257 g/mol. The van der Waals surface area contributed by atoms with Gasteiger partial charge in [-0.1, -0.05) is 58.0 Å². The van der Waals surface area contributed by atoms with Gasteiger partial charge in [0.1, 0.15) is 5.82 Å². The number of hydrogen-bond donors (Lipinski definition) is 2. The summed E-state index contributed by atoms with van der Waals surface area (Å²) in [4.78, 5) is 8.22. The summed E-state index contributed by atoms with van der Waals surface area (Å²) in [5.74, 6) is 1.45. The van der Waals surface area contributed by atoms with Crippen LogP contribution in [0.4, 0.5) is 0 Å². The predicted molar refractivity (Wildman–Crippen MR) is 80.1 cm³/mol. The summed E-state index contributed by atoms with van der Waals surface area (Å²) in [6, 6.07) is 10.8. The molecule has 0 spiro atoms. The molecule has 19 heavy (non-hydrogen) atoms. The molecule has 0 aliphatic carbocycles. The molecule has 1 heterocycles. The summed E-state index contributed by atoms with van der Waals surface area (Å²) in [7, 11) is 0. The highest BCUT2D eigenvalue weighted by Gasteiger charge is 2.14. The topological polar surface area (TPSA) is 40.7 Å². The molecule has 0 aliphatic rings. The van der Waals surface area contributed by atoms with Crippen LogP contribution in [0.25, 0.3) is 11.3 Å². The zero-order chi connectivity index (χ0) is 13.8. The van der Waals surface area contributed by atoms with Gasteiger partial charge in [0.25, 0.3) is 0 Å². The highest BCUT2D eigenvalue weighted by molar-refractivity contribution is 5.62. The van der Waals surface area contributed by atoms with Crippen molar-refractivity contribution in [3.05, 3.63) is 41.9 Å². The van der Waals surface area contributed by atoms with Crippen LogP contribution in [0.3, 0.4) is 0 Å². The number of aromatic nitrogens is 2. The van der Waals surface area contributed by atoms with Crippen molar-refractivity contribution >= 4 is 0 Å². The molecule has 102 valence electrons. The number of aromatic amines is 1. The first kappa shape index (κ1) is 13.8. The van der Waals surface area contributed by atoms with Crippen LogP contribution in [0, 0.1) is 0 Å². The number of hydrogen-bond acceptors (Lipinski definition) is 2. The molecule has 1 aromatic heterocycles. The summed E-state index contributed by atoms with van der Waals surface area (Å²) in [6.45, 7) is 9.46. The standard InChI is InChI=1S/C16H23N3/c1-11(2)15-16(13-8-6-5-7-9-13)19-14(18-15)10-17-12(3)4/h5-9,11-12,17H,10H2,1-4H3,(H,18,19). The molecule has 0 bridgehead atoms. The number of H-pyrrole nitrogens is 1. The Balaban J connectivity index is 2.31. The molecule has 0 unspecified atom stereocenters. The monoisotopic (exact) mass is 257 g/mol. The zero-order valence-electron chi connectivity index (χ0n) is 12.2. The minimum atomic E-state index is 0.440. The van der Waals surface area contributed by atoms with Crippen LogP contribution in [-0.2, 0) is 6.54 Å². The quantitative estimate of drug-likeness (QED) is 0.857. The van der Waals surface area contributed by atoms with Gasteiger partial charge < -0.3 is 10.3 Å². The zero-order valence-corrected chi connectivity index (χ0v) is 12.2. The lowest BCUT2D eigenvalue weighted by Crippen LogP contribution is -2.22. The summed E-state index contributed by atoms with van der Waals surface area (Å²) < 4.78 is 0. The van der Waals surface area contributed by atoms with Gasteiger partial charge in [0.15, 0.2) is 0 Å². The van der Waals surface area contributed by atoms with E-state index in [1.807, 2.05) is 6.07 Å². The largest absolute Gasteiger partial charge is 0.344 e. The fourth-order valence-electron chi connectivity index (χ4n) is 2.06. The Hall–Kier alpha value is -1.61.